The maximum Gasteiger partial charge on any atom is 0.241 e. The van der Waals surface area contributed by atoms with E-state index in [2.05, 4.69) is 4.72 Å². The van der Waals surface area contributed by atoms with E-state index < -0.39 is 10.0 Å². The van der Waals surface area contributed by atoms with Crippen LogP contribution < -0.4 is 14.2 Å². The maximum atomic E-state index is 12.5. The van der Waals surface area contributed by atoms with Crippen molar-refractivity contribution in [3.8, 4) is 11.5 Å². The molecule has 5 nitrogen and oxygen atoms in total. The zero-order valence-corrected chi connectivity index (χ0v) is 15.2. The number of benzene rings is 2. The van der Waals surface area contributed by atoms with Gasteiger partial charge in [0, 0.05) is 6.54 Å². The van der Waals surface area contributed by atoms with E-state index in [1.807, 2.05) is 31.2 Å². The normalized spacial score (nSPS) is 11.3. The summed E-state index contributed by atoms with van der Waals surface area (Å²) in [6, 6.07) is 11.1. The number of hydrogen-bond acceptors (Lipinski definition) is 4. The molecule has 0 spiro atoms. The van der Waals surface area contributed by atoms with Gasteiger partial charge in [0.2, 0.25) is 10.0 Å². The first-order valence-corrected chi connectivity index (χ1v) is 9.16. The van der Waals surface area contributed by atoms with Crippen molar-refractivity contribution >= 4 is 10.0 Å². The van der Waals surface area contributed by atoms with E-state index in [9.17, 15) is 8.42 Å². The monoisotopic (exact) mass is 349 g/mol. The van der Waals surface area contributed by atoms with Crippen molar-refractivity contribution in [2.45, 2.75) is 25.7 Å². The van der Waals surface area contributed by atoms with Crippen LogP contribution in [0.15, 0.2) is 41.3 Å². The Balaban J connectivity index is 2.01. The van der Waals surface area contributed by atoms with Crippen molar-refractivity contribution in [2.24, 2.45) is 0 Å². The number of methoxy groups -OCH3 is 1. The summed E-state index contributed by atoms with van der Waals surface area (Å²) in [5.41, 5.74) is 2.40. The zero-order chi connectivity index (χ0) is 17.7. The largest absolute Gasteiger partial charge is 0.497 e. The van der Waals surface area contributed by atoms with Gasteiger partial charge in [0.05, 0.1) is 12.0 Å². The van der Waals surface area contributed by atoms with Crippen LogP contribution in [-0.4, -0.2) is 28.7 Å². The predicted molar refractivity (Wildman–Crippen MR) is 94.3 cm³/mol. The lowest BCUT2D eigenvalue weighted by atomic mass is 10.1. The molecule has 0 aromatic heterocycles. The quantitative estimate of drug-likeness (QED) is 0.781. The Morgan fingerprint density at radius 1 is 1.00 bits per heavy atom. The van der Waals surface area contributed by atoms with Crippen LogP contribution >= 0.6 is 0 Å². The van der Waals surface area contributed by atoms with E-state index in [1.54, 1.807) is 33.1 Å². The first kappa shape index (κ1) is 18.3. The fourth-order valence-electron chi connectivity index (χ4n) is 2.57. The molecule has 2 rings (SSSR count). The summed E-state index contributed by atoms with van der Waals surface area (Å²) < 4.78 is 38.4. The van der Waals surface area contributed by atoms with Gasteiger partial charge >= 0.3 is 0 Å². The van der Waals surface area contributed by atoms with Gasteiger partial charge in [0.15, 0.2) is 0 Å². The fourth-order valence-corrected chi connectivity index (χ4v) is 4.04. The molecule has 0 atom stereocenters. The molecule has 2 aromatic carbocycles. The summed E-state index contributed by atoms with van der Waals surface area (Å²) in [5, 5.41) is 0. The lowest BCUT2D eigenvalue weighted by Gasteiger charge is -2.14. The van der Waals surface area contributed by atoms with Crippen molar-refractivity contribution in [3.05, 3.63) is 53.1 Å². The van der Waals surface area contributed by atoms with Crippen molar-refractivity contribution in [1.29, 1.82) is 0 Å². The Hall–Kier alpha value is -2.05. The molecule has 2 aromatic rings. The van der Waals surface area contributed by atoms with Gasteiger partial charge in [0.25, 0.3) is 0 Å². The number of nitrogens with one attached hydrogen (secondary N) is 1. The summed E-state index contributed by atoms with van der Waals surface area (Å²) in [5.74, 6) is 1.37. The van der Waals surface area contributed by atoms with E-state index in [0.717, 1.165) is 11.3 Å². The third kappa shape index (κ3) is 4.49. The molecular weight excluding hydrogens is 326 g/mol. The average Bonchev–Trinajstić information content (AvgIpc) is 2.50. The van der Waals surface area contributed by atoms with Crippen LogP contribution in [0.1, 0.15) is 16.7 Å². The number of aryl methyl sites for hydroxylation is 3. The van der Waals surface area contributed by atoms with Gasteiger partial charge in [-0.25, -0.2) is 13.1 Å². The standard InChI is InChI=1S/C18H23NO4S/c1-13-6-5-7-16(10-13)23-9-8-19-24(20,21)18-14(2)11-17(22-4)12-15(18)3/h5-7,10-12,19H,8-9H2,1-4H3. The van der Waals surface area contributed by atoms with Crippen molar-refractivity contribution in [3.63, 3.8) is 0 Å². The first-order chi connectivity index (χ1) is 11.3. The van der Waals surface area contributed by atoms with Crippen LogP contribution in [0.3, 0.4) is 0 Å². The summed E-state index contributed by atoms with van der Waals surface area (Å²) in [6.45, 7) is 5.95. The molecule has 130 valence electrons. The van der Waals surface area contributed by atoms with Crippen molar-refractivity contribution in [1.82, 2.24) is 4.72 Å². The predicted octanol–water partition coefficient (Wildman–Crippen LogP) is 2.98. The Morgan fingerprint density at radius 3 is 2.25 bits per heavy atom. The topological polar surface area (TPSA) is 64.6 Å². The highest BCUT2D eigenvalue weighted by Gasteiger charge is 2.20. The van der Waals surface area contributed by atoms with Crippen LogP contribution in [-0.2, 0) is 10.0 Å². The molecule has 0 saturated heterocycles. The molecule has 0 aliphatic heterocycles. The van der Waals surface area contributed by atoms with Crippen molar-refractivity contribution < 1.29 is 17.9 Å². The average molecular weight is 349 g/mol. The molecule has 0 saturated carbocycles. The third-order valence-electron chi connectivity index (χ3n) is 3.59. The van der Waals surface area contributed by atoms with E-state index in [-0.39, 0.29) is 13.2 Å². The molecule has 0 radical (unpaired) electrons. The van der Waals surface area contributed by atoms with Gasteiger partial charge in [-0.2, -0.15) is 0 Å². The smallest absolute Gasteiger partial charge is 0.241 e. The molecule has 0 aliphatic rings. The SMILES string of the molecule is COc1cc(C)c(S(=O)(=O)NCCOc2cccc(C)c2)c(C)c1. The number of sulfonamides is 1. The summed E-state index contributed by atoms with van der Waals surface area (Å²) in [6.07, 6.45) is 0. The third-order valence-corrected chi connectivity index (χ3v) is 5.36. The fraction of sp³-hybridized carbons (Fsp3) is 0.333. The van der Waals surface area contributed by atoms with E-state index in [0.29, 0.717) is 21.8 Å². The summed E-state index contributed by atoms with van der Waals surface area (Å²) in [7, 11) is -2.04. The van der Waals surface area contributed by atoms with Gasteiger partial charge in [-0.1, -0.05) is 12.1 Å². The molecular formula is C18H23NO4S. The number of ether oxygens (including phenoxy) is 2. The Kier molecular flexibility index (Phi) is 5.85. The maximum absolute atomic E-state index is 12.5. The Morgan fingerprint density at radius 2 is 1.67 bits per heavy atom. The van der Waals surface area contributed by atoms with Crippen LogP contribution in [0.2, 0.25) is 0 Å². The lowest BCUT2D eigenvalue weighted by molar-refractivity contribution is 0.322. The molecule has 0 amide bonds. The summed E-state index contributed by atoms with van der Waals surface area (Å²) >= 11 is 0. The highest BCUT2D eigenvalue weighted by Crippen LogP contribution is 2.25. The highest BCUT2D eigenvalue weighted by molar-refractivity contribution is 7.89. The molecule has 6 heteroatoms. The number of rotatable bonds is 7. The van der Waals surface area contributed by atoms with Crippen LogP contribution in [0.5, 0.6) is 11.5 Å². The van der Waals surface area contributed by atoms with Crippen LogP contribution in [0.4, 0.5) is 0 Å². The second-order valence-electron chi connectivity index (χ2n) is 5.65. The lowest BCUT2D eigenvalue weighted by Crippen LogP contribution is -2.29. The molecule has 0 fully saturated rings. The Bertz CT molecular complexity index is 793. The molecule has 0 bridgehead atoms. The molecule has 0 heterocycles. The van der Waals surface area contributed by atoms with E-state index in [1.165, 1.54) is 0 Å². The minimum atomic E-state index is -3.59. The van der Waals surface area contributed by atoms with Gasteiger partial charge in [-0.3, -0.25) is 0 Å². The van der Waals surface area contributed by atoms with Crippen LogP contribution in [0, 0.1) is 20.8 Å². The van der Waals surface area contributed by atoms with Gasteiger partial charge in [-0.15, -0.1) is 0 Å². The van der Waals surface area contributed by atoms with Crippen LogP contribution in [0.25, 0.3) is 0 Å². The second kappa shape index (κ2) is 7.68. The molecule has 0 unspecified atom stereocenters. The van der Waals surface area contributed by atoms with E-state index >= 15 is 0 Å². The minimum absolute atomic E-state index is 0.196. The molecule has 0 aliphatic carbocycles. The second-order valence-corrected chi connectivity index (χ2v) is 7.36. The minimum Gasteiger partial charge on any atom is -0.497 e. The highest BCUT2D eigenvalue weighted by atomic mass is 32.2. The van der Waals surface area contributed by atoms with Gasteiger partial charge in [0.1, 0.15) is 18.1 Å². The first-order valence-electron chi connectivity index (χ1n) is 7.68. The molecule has 24 heavy (non-hydrogen) atoms. The zero-order valence-electron chi connectivity index (χ0n) is 14.4. The van der Waals surface area contributed by atoms with Gasteiger partial charge in [-0.05, 0) is 61.7 Å². The number of hydrogen-bond donors (Lipinski definition) is 1. The van der Waals surface area contributed by atoms with Gasteiger partial charge < -0.3 is 9.47 Å². The summed E-state index contributed by atoms with van der Waals surface area (Å²) in [4.78, 5) is 0.291. The van der Waals surface area contributed by atoms with E-state index in [4.69, 9.17) is 9.47 Å². The van der Waals surface area contributed by atoms with Crippen molar-refractivity contribution in [2.75, 3.05) is 20.3 Å². The Labute approximate surface area is 143 Å². The molecule has 1 N–H and O–H groups in total.